The van der Waals surface area contributed by atoms with E-state index in [0.29, 0.717) is 11.6 Å². The standard InChI is InChI=1S/C19H24ClNO3.Li/c1-2-24-17(22)15-5-3-4-6-16(15)21-18(23)19(11-12-19)13-7-9-14(20)10-8-13;/h7-10,15-16H,2-6,11-12H2,1H3,(H,21,23);/q;+1/p-1. The summed E-state index contributed by atoms with van der Waals surface area (Å²) < 4.78 is 5.17. The molecule has 0 saturated heterocycles. The van der Waals surface area contributed by atoms with Crippen LogP contribution in [-0.2, 0) is 19.7 Å². The number of hydrogen-bond acceptors (Lipinski definition) is 3. The van der Waals surface area contributed by atoms with Gasteiger partial charge in [-0.25, -0.2) is 0 Å². The number of ether oxygens (including phenoxy) is 1. The zero-order valence-electron chi connectivity index (χ0n) is 15.0. The summed E-state index contributed by atoms with van der Waals surface area (Å²) in [5.41, 5.74) is 0.477. The van der Waals surface area contributed by atoms with Gasteiger partial charge < -0.3 is 14.8 Å². The monoisotopic (exact) mass is 355 g/mol. The number of esters is 1. The van der Waals surface area contributed by atoms with Crippen LogP contribution in [0.15, 0.2) is 24.3 Å². The molecular weight excluding hydrogens is 333 g/mol. The summed E-state index contributed by atoms with van der Waals surface area (Å²) >= 11 is 5.94. The van der Waals surface area contributed by atoms with E-state index in [9.17, 15) is 9.59 Å². The second-order valence-electron chi connectivity index (χ2n) is 6.73. The van der Waals surface area contributed by atoms with Gasteiger partial charge in [-0.1, -0.05) is 43.0 Å². The van der Waals surface area contributed by atoms with Gasteiger partial charge in [0.15, 0.2) is 0 Å². The minimum Gasteiger partial charge on any atom is -0.649 e. The van der Waals surface area contributed by atoms with E-state index in [0.717, 1.165) is 44.1 Å². The van der Waals surface area contributed by atoms with Crippen molar-refractivity contribution in [2.75, 3.05) is 6.61 Å². The predicted molar refractivity (Wildman–Crippen MR) is 93.1 cm³/mol. The maximum absolute atomic E-state index is 12.9. The van der Waals surface area contributed by atoms with Crippen LogP contribution >= 0.6 is 11.6 Å². The summed E-state index contributed by atoms with van der Waals surface area (Å²) in [6.07, 6.45) is 5.17. The zero-order valence-corrected chi connectivity index (χ0v) is 15.7. The average molecular weight is 356 g/mol. The fourth-order valence-electron chi connectivity index (χ4n) is 3.58. The molecular formula is C19H23ClLiNO3. The van der Waals surface area contributed by atoms with Crippen molar-refractivity contribution in [3.05, 3.63) is 40.2 Å². The summed E-state index contributed by atoms with van der Waals surface area (Å²) in [4.78, 5) is 25.0. The topological polar surface area (TPSA) is 57.5 Å². The Balaban J connectivity index is 0.00000225. The smallest absolute Gasteiger partial charge is 0.649 e. The van der Waals surface area contributed by atoms with Gasteiger partial charge in [0.2, 0.25) is 0 Å². The van der Waals surface area contributed by atoms with Crippen LogP contribution in [-0.4, -0.2) is 24.5 Å². The minimum atomic E-state index is -0.499. The number of amides is 1. The van der Waals surface area contributed by atoms with Crippen LogP contribution in [0.5, 0.6) is 0 Å². The van der Waals surface area contributed by atoms with E-state index in [1.807, 2.05) is 24.3 Å². The molecule has 1 aromatic carbocycles. The SMILES string of the molecule is CCOC(=O)C1CCCCC1[N-]C(=O)C1(c2ccc(Cl)cc2)CC1.[Li+]. The van der Waals surface area contributed by atoms with Crippen molar-refractivity contribution in [2.45, 2.75) is 56.9 Å². The average Bonchev–Trinajstić information content (AvgIpc) is 3.38. The van der Waals surface area contributed by atoms with Crippen LogP contribution in [0.2, 0.25) is 5.02 Å². The molecule has 130 valence electrons. The van der Waals surface area contributed by atoms with Crippen molar-refractivity contribution in [2.24, 2.45) is 5.92 Å². The van der Waals surface area contributed by atoms with Crippen LogP contribution in [0.3, 0.4) is 0 Å². The third kappa shape index (κ3) is 4.42. The van der Waals surface area contributed by atoms with Crippen LogP contribution in [0.1, 0.15) is 51.0 Å². The number of nitrogens with zero attached hydrogens (tertiary/aromatic N) is 1. The van der Waals surface area contributed by atoms with E-state index in [1.54, 1.807) is 6.92 Å². The van der Waals surface area contributed by atoms with Crippen molar-refractivity contribution < 1.29 is 33.2 Å². The molecule has 4 nitrogen and oxygen atoms in total. The van der Waals surface area contributed by atoms with Crippen molar-refractivity contribution in [3.63, 3.8) is 0 Å². The summed E-state index contributed by atoms with van der Waals surface area (Å²) in [6, 6.07) is 7.20. The third-order valence-corrected chi connectivity index (χ3v) is 5.41. The molecule has 2 aliphatic carbocycles. The van der Waals surface area contributed by atoms with Gasteiger partial charge >= 0.3 is 24.8 Å². The van der Waals surface area contributed by atoms with Gasteiger partial charge in [-0.15, -0.1) is 6.04 Å². The zero-order chi connectivity index (χ0) is 17.2. The molecule has 0 aromatic heterocycles. The maximum Gasteiger partial charge on any atom is 1.00 e. The fraction of sp³-hybridized carbons (Fsp3) is 0.579. The molecule has 0 N–H and O–H groups in total. The first kappa shape index (κ1) is 20.4. The number of benzene rings is 1. The molecule has 0 aliphatic heterocycles. The van der Waals surface area contributed by atoms with Crippen LogP contribution < -0.4 is 18.9 Å². The van der Waals surface area contributed by atoms with E-state index in [2.05, 4.69) is 5.32 Å². The van der Waals surface area contributed by atoms with Crippen molar-refractivity contribution in [1.29, 1.82) is 0 Å². The quantitative estimate of drug-likeness (QED) is 0.592. The molecule has 2 atom stereocenters. The Hall–Kier alpha value is -0.953. The molecule has 6 heteroatoms. The molecule has 1 amide bonds. The second-order valence-corrected chi connectivity index (χ2v) is 7.17. The first-order chi connectivity index (χ1) is 11.6. The Morgan fingerprint density at radius 1 is 1.20 bits per heavy atom. The molecule has 2 aliphatic rings. The Bertz CT molecular complexity index is 616. The van der Waals surface area contributed by atoms with Crippen LogP contribution in [0.25, 0.3) is 5.32 Å². The molecule has 0 bridgehead atoms. The van der Waals surface area contributed by atoms with Gasteiger partial charge in [0.25, 0.3) is 0 Å². The van der Waals surface area contributed by atoms with Crippen LogP contribution in [0, 0.1) is 5.92 Å². The Kier molecular flexibility index (Phi) is 7.02. The molecule has 3 rings (SSSR count). The van der Waals surface area contributed by atoms with Crippen molar-refractivity contribution in [1.82, 2.24) is 0 Å². The molecule has 2 unspecified atom stereocenters. The molecule has 2 saturated carbocycles. The molecule has 0 heterocycles. The van der Waals surface area contributed by atoms with Crippen molar-refractivity contribution in [3.8, 4) is 0 Å². The first-order valence-corrected chi connectivity index (χ1v) is 9.12. The molecule has 0 radical (unpaired) electrons. The van der Waals surface area contributed by atoms with E-state index in [1.165, 1.54) is 0 Å². The Morgan fingerprint density at radius 2 is 1.84 bits per heavy atom. The fourth-order valence-corrected chi connectivity index (χ4v) is 3.71. The van der Waals surface area contributed by atoms with Gasteiger partial charge in [0.05, 0.1) is 12.5 Å². The van der Waals surface area contributed by atoms with E-state index < -0.39 is 5.41 Å². The maximum atomic E-state index is 12.9. The van der Waals surface area contributed by atoms with Gasteiger partial charge in [0.1, 0.15) is 0 Å². The number of halogens is 1. The molecule has 2 fully saturated rings. The largest absolute Gasteiger partial charge is 1.00 e. The molecule has 0 spiro atoms. The van der Waals surface area contributed by atoms with Crippen molar-refractivity contribution >= 4 is 23.5 Å². The molecule has 25 heavy (non-hydrogen) atoms. The number of rotatable bonds is 5. The Morgan fingerprint density at radius 3 is 2.44 bits per heavy atom. The summed E-state index contributed by atoms with van der Waals surface area (Å²) in [7, 11) is 0. The molecule has 1 aromatic rings. The number of carbonyl (C=O) groups excluding carboxylic acids is 2. The third-order valence-electron chi connectivity index (χ3n) is 5.16. The van der Waals surface area contributed by atoms with E-state index >= 15 is 0 Å². The van der Waals surface area contributed by atoms with Gasteiger partial charge in [-0.2, -0.15) is 0 Å². The normalized spacial score (nSPS) is 23.9. The van der Waals surface area contributed by atoms with Gasteiger partial charge in [0, 0.05) is 16.4 Å². The summed E-state index contributed by atoms with van der Waals surface area (Å²) in [6.45, 7) is 2.17. The first-order valence-electron chi connectivity index (χ1n) is 8.75. The summed E-state index contributed by atoms with van der Waals surface area (Å²) in [5, 5.41) is 5.14. The van der Waals surface area contributed by atoms with Gasteiger partial charge in [-0.05, 0) is 43.9 Å². The Labute approximate surface area is 166 Å². The van der Waals surface area contributed by atoms with Crippen LogP contribution in [0.4, 0.5) is 0 Å². The second kappa shape index (κ2) is 8.62. The van der Waals surface area contributed by atoms with E-state index in [-0.39, 0.29) is 42.7 Å². The van der Waals surface area contributed by atoms with E-state index in [4.69, 9.17) is 16.3 Å². The summed E-state index contributed by atoms with van der Waals surface area (Å²) in [5.74, 6) is -0.579. The predicted octanol–water partition coefficient (Wildman–Crippen LogP) is 1.40. The minimum absolute atomic E-state index is 0. The number of hydrogen-bond donors (Lipinski definition) is 0. The number of carbonyl (C=O) groups is 2. The van der Waals surface area contributed by atoms with Gasteiger partial charge in [-0.3, -0.25) is 4.79 Å².